The van der Waals surface area contributed by atoms with E-state index < -0.39 is 17.2 Å². The van der Waals surface area contributed by atoms with Crippen molar-refractivity contribution in [3.8, 4) is 5.69 Å². The number of urea groups is 1. The summed E-state index contributed by atoms with van der Waals surface area (Å²) in [4.78, 5) is 40.9. The van der Waals surface area contributed by atoms with Crippen LogP contribution >= 0.6 is 23.4 Å². The normalized spacial score (nSPS) is 12.0. The minimum Gasteiger partial charge on any atom is -0.351 e. The van der Waals surface area contributed by atoms with E-state index in [1.165, 1.54) is 4.57 Å². The molecule has 0 saturated carbocycles. The number of amides is 3. The Kier molecular flexibility index (Phi) is 5.71. The molecule has 1 atom stereocenters. The summed E-state index contributed by atoms with van der Waals surface area (Å²) in [7, 11) is 0. The van der Waals surface area contributed by atoms with Crippen LogP contribution in [-0.4, -0.2) is 26.7 Å². The number of thioether (sulfide) groups is 1. The van der Waals surface area contributed by atoms with E-state index in [1.807, 2.05) is 30.4 Å². The number of hydrogen-bond donors (Lipinski definition) is 2. The third kappa shape index (κ3) is 4.02. The van der Waals surface area contributed by atoms with Gasteiger partial charge in [0.1, 0.15) is 0 Å². The van der Waals surface area contributed by atoms with Gasteiger partial charge in [-0.25, -0.2) is 9.78 Å². The van der Waals surface area contributed by atoms with E-state index in [-0.39, 0.29) is 5.56 Å². The molecular weight excluding hydrogens is 400 g/mol. The van der Waals surface area contributed by atoms with E-state index in [9.17, 15) is 14.4 Å². The largest absolute Gasteiger partial charge is 0.351 e. The van der Waals surface area contributed by atoms with E-state index in [4.69, 9.17) is 17.3 Å². The number of benzene rings is 2. The molecule has 144 valence electrons. The van der Waals surface area contributed by atoms with Gasteiger partial charge in [-0.05, 0) is 43.7 Å². The van der Waals surface area contributed by atoms with Crippen LogP contribution in [0.4, 0.5) is 4.79 Å². The number of rotatable bonds is 4. The Bertz CT molecular complexity index is 1150. The molecule has 3 aromatic rings. The highest BCUT2D eigenvalue weighted by atomic mass is 35.5. The van der Waals surface area contributed by atoms with Gasteiger partial charge in [0.25, 0.3) is 5.56 Å². The number of hydrogen-bond acceptors (Lipinski definition) is 5. The van der Waals surface area contributed by atoms with Gasteiger partial charge in [0, 0.05) is 5.02 Å². The second kappa shape index (κ2) is 8.04. The summed E-state index contributed by atoms with van der Waals surface area (Å²) < 4.78 is 1.46. The quantitative estimate of drug-likeness (QED) is 0.502. The molecule has 0 spiro atoms. The first-order chi connectivity index (χ1) is 13.3. The number of imide groups is 1. The molecule has 0 radical (unpaired) electrons. The zero-order chi connectivity index (χ0) is 20.4. The average Bonchev–Trinajstić information content (AvgIpc) is 2.62. The summed E-state index contributed by atoms with van der Waals surface area (Å²) in [6.07, 6.45) is 0. The van der Waals surface area contributed by atoms with Crippen molar-refractivity contribution < 1.29 is 9.59 Å². The lowest BCUT2D eigenvalue weighted by Crippen LogP contribution is -2.39. The minimum atomic E-state index is -0.938. The zero-order valence-electron chi connectivity index (χ0n) is 15.1. The number of nitrogens with zero attached hydrogens (tertiary/aromatic N) is 2. The molecule has 1 aromatic heterocycles. The number of carbonyl (C=O) groups excluding carboxylic acids is 2. The van der Waals surface area contributed by atoms with Gasteiger partial charge in [0.2, 0.25) is 5.91 Å². The molecule has 0 aliphatic rings. The molecule has 1 unspecified atom stereocenters. The molecule has 2 aromatic carbocycles. The van der Waals surface area contributed by atoms with E-state index in [0.717, 1.165) is 17.3 Å². The molecule has 0 aliphatic carbocycles. The van der Waals surface area contributed by atoms with Crippen LogP contribution in [0.5, 0.6) is 0 Å². The fraction of sp³-hybridized carbons (Fsp3) is 0.158. The Morgan fingerprint density at radius 1 is 1.25 bits per heavy atom. The summed E-state index contributed by atoms with van der Waals surface area (Å²) in [6.45, 7) is 3.48. The number of fused-ring (bicyclic) bond motifs is 1. The Morgan fingerprint density at radius 3 is 2.64 bits per heavy atom. The fourth-order valence-electron chi connectivity index (χ4n) is 2.68. The van der Waals surface area contributed by atoms with Crippen molar-refractivity contribution in [1.29, 1.82) is 0 Å². The average molecular weight is 417 g/mol. The maximum absolute atomic E-state index is 13.2. The Balaban J connectivity index is 2.20. The van der Waals surface area contributed by atoms with Crippen LogP contribution in [0.25, 0.3) is 16.6 Å². The van der Waals surface area contributed by atoms with Gasteiger partial charge in [-0.15, -0.1) is 0 Å². The molecule has 1 heterocycles. The van der Waals surface area contributed by atoms with Crippen LogP contribution in [0.1, 0.15) is 12.5 Å². The van der Waals surface area contributed by atoms with Gasteiger partial charge >= 0.3 is 6.03 Å². The van der Waals surface area contributed by atoms with Crippen molar-refractivity contribution in [2.24, 2.45) is 5.73 Å². The summed E-state index contributed by atoms with van der Waals surface area (Å²) in [6, 6.07) is 11.3. The molecule has 28 heavy (non-hydrogen) atoms. The highest BCUT2D eigenvalue weighted by Crippen LogP contribution is 2.27. The second-order valence-electron chi connectivity index (χ2n) is 6.10. The number of para-hydroxylation sites is 1. The second-order valence-corrected chi connectivity index (χ2v) is 7.84. The predicted octanol–water partition coefficient (Wildman–Crippen LogP) is 3.02. The maximum atomic E-state index is 13.2. The number of aromatic nitrogens is 2. The van der Waals surface area contributed by atoms with E-state index >= 15 is 0 Å². The smallest absolute Gasteiger partial charge is 0.318 e. The number of aryl methyl sites for hydroxylation is 1. The van der Waals surface area contributed by atoms with Crippen LogP contribution in [0.15, 0.2) is 52.4 Å². The minimum absolute atomic E-state index is 0.277. The van der Waals surface area contributed by atoms with E-state index in [0.29, 0.717) is 26.8 Å². The maximum Gasteiger partial charge on any atom is 0.318 e. The van der Waals surface area contributed by atoms with Crippen molar-refractivity contribution in [3.05, 3.63) is 63.4 Å². The van der Waals surface area contributed by atoms with E-state index in [2.05, 4.69) is 4.98 Å². The number of nitrogens with one attached hydrogen (secondary N) is 1. The van der Waals surface area contributed by atoms with Crippen molar-refractivity contribution in [3.63, 3.8) is 0 Å². The van der Waals surface area contributed by atoms with Crippen LogP contribution in [0.2, 0.25) is 5.02 Å². The molecule has 0 bridgehead atoms. The molecule has 3 N–H and O–H groups in total. The molecular formula is C19H17ClN4O3S. The van der Waals surface area contributed by atoms with Crippen molar-refractivity contribution >= 4 is 46.2 Å². The third-order valence-corrected chi connectivity index (χ3v) is 5.34. The standard InChI is InChI=1S/C19H17ClN4O3S/c1-10-5-3-4-6-15(10)24-17(26)13-8-7-12(20)9-14(13)22-19(24)28-11(2)16(25)23-18(21)27/h3-9,11H,1-2H3,(H3,21,23,25,27). The first kappa shape index (κ1) is 19.9. The van der Waals surface area contributed by atoms with Crippen molar-refractivity contribution in [2.45, 2.75) is 24.3 Å². The highest BCUT2D eigenvalue weighted by Gasteiger charge is 2.21. The Hall–Kier alpha value is -2.84. The van der Waals surface area contributed by atoms with Gasteiger partial charge < -0.3 is 5.73 Å². The Labute approximate surface area is 169 Å². The monoisotopic (exact) mass is 416 g/mol. The first-order valence-electron chi connectivity index (χ1n) is 8.33. The van der Waals surface area contributed by atoms with E-state index in [1.54, 1.807) is 31.2 Å². The lowest BCUT2D eigenvalue weighted by atomic mass is 10.2. The number of halogens is 1. The van der Waals surface area contributed by atoms with Crippen LogP contribution in [0, 0.1) is 6.92 Å². The van der Waals surface area contributed by atoms with Crippen molar-refractivity contribution in [2.75, 3.05) is 0 Å². The molecule has 0 saturated heterocycles. The van der Waals surface area contributed by atoms with Gasteiger partial charge in [-0.3, -0.25) is 19.5 Å². The molecule has 0 fully saturated rings. The van der Waals surface area contributed by atoms with Crippen LogP contribution in [-0.2, 0) is 4.79 Å². The topological polar surface area (TPSA) is 107 Å². The first-order valence-corrected chi connectivity index (χ1v) is 9.59. The lowest BCUT2D eigenvalue weighted by Gasteiger charge is -2.17. The summed E-state index contributed by atoms with van der Waals surface area (Å²) in [5.41, 5.74) is 6.69. The van der Waals surface area contributed by atoms with Crippen molar-refractivity contribution in [1.82, 2.24) is 14.9 Å². The number of carbonyl (C=O) groups is 2. The summed E-state index contributed by atoms with van der Waals surface area (Å²) in [5, 5.41) is 2.48. The van der Waals surface area contributed by atoms with Crippen LogP contribution in [0.3, 0.4) is 0 Å². The SMILES string of the molecule is Cc1ccccc1-n1c(SC(C)C(=O)NC(N)=O)nc2cc(Cl)ccc2c1=O. The number of primary amides is 1. The molecule has 3 amide bonds. The Morgan fingerprint density at radius 2 is 1.96 bits per heavy atom. The molecule has 0 aliphatic heterocycles. The van der Waals surface area contributed by atoms with Gasteiger partial charge in [-0.1, -0.05) is 41.6 Å². The predicted molar refractivity (Wildman–Crippen MR) is 110 cm³/mol. The molecule has 7 nitrogen and oxygen atoms in total. The molecule has 9 heteroatoms. The van der Waals surface area contributed by atoms with Gasteiger partial charge in [0.05, 0.1) is 21.8 Å². The third-order valence-electron chi connectivity index (χ3n) is 4.05. The number of nitrogens with two attached hydrogens (primary N) is 1. The summed E-state index contributed by atoms with van der Waals surface area (Å²) in [5.74, 6) is -0.575. The van der Waals surface area contributed by atoms with Gasteiger partial charge in [-0.2, -0.15) is 0 Å². The highest BCUT2D eigenvalue weighted by molar-refractivity contribution is 8.00. The zero-order valence-corrected chi connectivity index (χ0v) is 16.7. The summed E-state index contributed by atoms with van der Waals surface area (Å²) >= 11 is 7.10. The fourth-order valence-corrected chi connectivity index (χ4v) is 3.77. The van der Waals surface area contributed by atoms with Gasteiger partial charge in [0.15, 0.2) is 5.16 Å². The van der Waals surface area contributed by atoms with Crippen LogP contribution < -0.4 is 16.6 Å². The lowest BCUT2D eigenvalue weighted by molar-refractivity contribution is -0.119. The molecule has 3 rings (SSSR count).